The first-order valence-electron chi connectivity index (χ1n) is 4.79. The van der Waals surface area contributed by atoms with E-state index in [0.29, 0.717) is 6.42 Å². The Balaban J connectivity index is 2.76. The van der Waals surface area contributed by atoms with Gasteiger partial charge in [0.25, 0.3) is 0 Å². The molecule has 78 valence electrons. The summed E-state index contributed by atoms with van der Waals surface area (Å²) in [7, 11) is 0. The zero-order valence-electron chi connectivity index (χ0n) is 8.41. The number of rotatable bonds is 0. The maximum Gasteiger partial charge on any atom is 0.392 e. The molecule has 1 fully saturated rings. The van der Waals surface area contributed by atoms with Crippen LogP contribution in [0.25, 0.3) is 0 Å². The van der Waals surface area contributed by atoms with Gasteiger partial charge in [0.1, 0.15) is 0 Å². The Hall–Kier alpha value is -0.210. The van der Waals surface area contributed by atoms with Crippen LogP contribution in [0.15, 0.2) is 0 Å². The summed E-state index contributed by atoms with van der Waals surface area (Å²) in [6, 6.07) is 0. The lowest BCUT2D eigenvalue weighted by Gasteiger charge is -2.33. The van der Waals surface area contributed by atoms with Crippen molar-refractivity contribution in [3.8, 4) is 0 Å². The van der Waals surface area contributed by atoms with Gasteiger partial charge in [-0.1, -0.05) is 27.2 Å². The summed E-state index contributed by atoms with van der Waals surface area (Å²) >= 11 is 0. The lowest BCUT2D eigenvalue weighted by Crippen LogP contribution is -2.33. The number of hydrogen-bond acceptors (Lipinski definition) is 0. The minimum Gasteiger partial charge on any atom is -0.171 e. The van der Waals surface area contributed by atoms with E-state index in [-0.39, 0.29) is 11.3 Å². The molecule has 0 saturated heterocycles. The minimum absolute atomic E-state index is 0.188. The third-order valence-electron chi connectivity index (χ3n) is 3.05. The van der Waals surface area contributed by atoms with Gasteiger partial charge in [0.2, 0.25) is 0 Å². The Kier molecular flexibility index (Phi) is 2.65. The van der Waals surface area contributed by atoms with Crippen LogP contribution in [0.5, 0.6) is 0 Å². The fraction of sp³-hybridized carbons (Fsp3) is 1.00. The van der Waals surface area contributed by atoms with E-state index in [9.17, 15) is 13.2 Å². The van der Waals surface area contributed by atoms with E-state index in [2.05, 4.69) is 0 Å². The van der Waals surface area contributed by atoms with Crippen LogP contribution in [0.2, 0.25) is 0 Å². The fourth-order valence-corrected chi connectivity index (χ4v) is 2.39. The van der Waals surface area contributed by atoms with Gasteiger partial charge in [0, 0.05) is 0 Å². The third kappa shape index (κ3) is 2.38. The summed E-state index contributed by atoms with van der Waals surface area (Å²) in [5.74, 6) is -1.25. The van der Waals surface area contributed by atoms with Crippen molar-refractivity contribution in [3.05, 3.63) is 0 Å². The zero-order valence-corrected chi connectivity index (χ0v) is 8.41. The molecule has 0 N–H and O–H groups in total. The van der Waals surface area contributed by atoms with Crippen molar-refractivity contribution in [2.24, 2.45) is 17.3 Å². The Morgan fingerprint density at radius 3 is 1.69 bits per heavy atom. The van der Waals surface area contributed by atoms with Crippen LogP contribution in [0, 0.1) is 17.3 Å². The molecule has 0 aliphatic heterocycles. The Morgan fingerprint density at radius 2 is 1.38 bits per heavy atom. The Bertz CT molecular complexity index is 156. The maximum atomic E-state index is 12.5. The molecule has 1 aliphatic rings. The third-order valence-corrected chi connectivity index (χ3v) is 3.05. The molecule has 0 amide bonds. The molecular weight excluding hydrogens is 177 g/mol. The molecule has 3 heteroatoms. The molecule has 0 bridgehead atoms. The van der Waals surface area contributed by atoms with Crippen molar-refractivity contribution >= 4 is 0 Å². The van der Waals surface area contributed by atoms with Gasteiger partial charge in [0.15, 0.2) is 0 Å². The van der Waals surface area contributed by atoms with Crippen molar-refractivity contribution < 1.29 is 13.2 Å². The average molecular weight is 194 g/mol. The number of alkyl halides is 3. The highest BCUT2D eigenvalue weighted by atomic mass is 19.4. The normalized spacial score (nSPS) is 30.9. The zero-order chi connectivity index (χ0) is 10.3. The van der Waals surface area contributed by atoms with E-state index < -0.39 is 12.1 Å². The van der Waals surface area contributed by atoms with Crippen LogP contribution in [-0.2, 0) is 0 Å². The molecule has 0 aromatic rings. The first kappa shape index (κ1) is 10.9. The number of hydrogen-bond donors (Lipinski definition) is 0. The minimum atomic E-state index is -3.99. The second kappa shape index (κ2) is 3.18. The second-order valence-electron chi connectivity index (χ2n) is 5.05. The van der Waals surface area contributed by atoms with Gasteiger partial charge in [0.05, 0.1) is 5.92 Å². The van der Waals surface area contributed by atoms with Crippen molar-refractivity contribution in [1.29, 1.82) is 0 Å². The molecule has 0 aromatic heterocycles. The monoisotopic (exact) mass is 194 g/mol. The largest absolute Gasteiger partial charge is 0.392 e. The smallest absolute Gasteiger partial charge is 0.171 e. The van der Waals surface area contributed by atoms with Crippen molar-refractivity contribution in [1.82, 2.24) is 0 Å². The lowest BCUT2D eigenvalue weighted by atomic mass is 9.74. The molecule has 0 aromatic carbocycles. The topological polar surface area (TPSA) is 0 Å². The molecule has 0 heterocycles. The first-order chi connectivity index (χ1) is 5.73. The standard InChI is InChI=1S/C10H17F3/c1-9(2,3)7-5-4-6-8(7)10(11,12)13/h7-8H,4-6H2,1-3H3. The van der Waals surface area contributed by atoms with Crippen molar-refractivity contribution in [3.63, 3.8) is 0 Å². The van der Waals surface area contributed by atoms with Crippen LogP contribution >= 0.6 is 0 Å². The highest BCUT2D eigenvalue weighted by Crippen LogP contribution is 2.50. The van der Waals surface area contributed by atoms with Gasteiger partial charge < -0.3 is 0 Å². The SMILES string of the molecule is CC(C)(C)C1CCCC1C(F)(F)F. The second-order valence-corrected chi connectivity index (χ2v) is 5.05. The summed E-state index contributed by atoms with van der Waals surface area (Å²) in [4.78, 5) is 0. The van der Waals surface area contributed by atoms with Crippen molar-refractivity contribution in [2.75, 3.05) is 0 Å². The predicted molar refractivity (Wildman–Crippen MR) is 46.3 cm³/mol. The van der Waals surface area contributed by atoms with Crippen LogP contribution < -0.4 is 0 Å². The molecular formula is C10H17F3. The van der Waals surface area contributed by atoms with E-state index in [4.69, 9.17) is 0 Å². The quantitative estimate of drug-likeness (QED) is 0.546. The van der Waals surface area contributed by atoms with Gasteiger partial charge in [-0.15, -0.1) is 0 Å². The lowest BCUT2D eigenvalue weighted by molar-refractivity contribution is -0.191. The van der Waals surface area contributed by atoms with E-state index >= 15 is 0 Å². The molecule has 0 radical (unpaired) electrons. The van der Waals surface area contributed by atoms with E-state index in [1.807, 2.05) is 20.8 Å². The molecule has 13 heavy (non-hydrogen) atoms. The van der Waals surface area contributed by atoms with Gasteiger partial charge >= 0.3 is 6.18 Å². The molecule has 0 spiro atoms. The molecule has 1 aliphatic carbocycles. The fourth-order valence-electron chi connectivity index (χ4n) is 2.39. The average Bonchev–Trinajstić information content (AvgIpc) is 2.27. The highest BCUT2D eigenvalue weighted by molar-refractivity contribution is 4.89. The Labute approximate surface area is 77.5 Å². The van der Waals surface area contributed by atoms with Crippen LogP contribution in [0.1, 0.15) is 40.0 Å². The van der Waals surface area contributed by atoms with E-state index in [1.165, 1.54) is 0 Å². The van der Waals surface area contributed by atoms with Crippen molar-refractivity contribution in [2.45, 2.75) is 46.2 Å². The summed E-state index contributed by atoms with van der Waals surface area (Å²) in [6.07, 6.45) is -2.21. The summed E-state index contributed by atoms with van der Waals surface area (Å²) in [5, 5.41) is 0. The Morgan fingerprint density at radius 1 is 0.923 bits per heavy atom. The van der Waals surface area contributed by atoms with Crippen LogP contribution in [0.4, 0.5) is 13.2 Å². The molecule has 2 atom stereocenters. The molecule has 0 nitrogen and oxygen atoms in total. The van der Waals surface area contributed by atoms with Crippen LogP contribution in [-0.4, -0.2) is 6.18 Å². The van der Waals surface area contributed by atoms with Gasteiger partial charge in [-0.3, -0.25) is 0 Å². The summed E-state index contributed by atoms with van der Waals surface area (Å²) in [6.45, 7) is 5.71. The predicted octanol–water partition coefficient (Wildman–Crippen LogP) is 4.01. The summed E-state index contributed by atoms with van der Waals surface area (Å²) < 4.78 is 37.6. The van der Waals surface area contributed by atoms with Gasteiger partial charge in [-0.2, -0.15) is 13.2 Å². The van der Waals surface area contributed by atoms with E-state index in [0.717, 1.165) is 12.8 Å². The first-order valence-corrected chi connectivity index (χ1v) is 4.79. The highest BCUT2D eigenvalue weighted by Gasteiger charge is 2.50. The molecule has 2 unspecified atom stereocenters. The molecule has 1 saturated carbocycles. The van der Waals surface area contributed by atoms with Gasteiger partial charge in [-0.25, -0.2) is 0 Å². The van der Waals surface area contributed by atoms with E-state index in [1.54, 1.807) is 0 Å². The summed E-state index contributed by atoms with van der Waals surface area (Å²) in [5.41, 5.74) is -0.212. The number of halogens is 3. The molecule has 1 rings (SSSR count). The van der Waals surface area contributed by atoms with Gasteiger partial charge in [-0.05, 0) is 24.2 Å². The maximum absolute atomic E-state index is 12.5. The van der Waals surface area contributed by atoms with Crippen LogP contribution in [0.3, 0.4) is 0 Å².